The van der Waals surface area contributed by atoms with Gasteiger partial charge in [0, 0.05) is 37.8 Å². The van der Waals surface area contributed by atoms with Crippen molar-refractivity contribution >= 4 is 11.7 Å². The topological polar surface area (TPSA) is 84.2 Å². The number of benzene rings is 1. The van der Waals surface area contributed by atoms with E-state index in [0.717, 1.165) is 18.6 Å². The molecule has 2 aromatic heterocycles. The van der Waals surface area contributed by atoms with Gasteiger partial charge in [0.2, 0.25) is 11.7 Å². The predicted molar refractivity (Wildman–Crippen MR) is 102 cm³/mol. The molecule has 1 aliphatic heterocycles. The van der Waals surface area contributed by atoms with Gasteiger partial charge in [0.25, 0.3) is 5.89 Å². The van der Waals surface area contributed by atoms with Crippen LogP contribution in [-0.2, 0) is 11.0 Å². The number of pyridine rings is 1. The summed E-state index contributed by atoms with van der Waals surface area (Å²) in [7, 11) is 1.77. The number of anilines is 1. The van der Waals surface area contributed by atoms with Crippen LogP contribution in [0.4, 0.5) is 19.0 Å². The van der Waals surface area contributed by atoms with Crippen LogP contribution in [0.25, 0.3) is 22.8 Å². The minimum absolute atomic E-state index is 0.0632. The van der Waals surface area contributed by atoms with Crippen LogP contribution in [0.2, 0.25) is 0 Å². The second-order valence-corrected chi connectivity index (χ2v) is 7.09. The van der Waals surface area contributed by atoms with Crippen LogP contribution in [0, 0.1) is 0 Å². The monoisotopic (exact) mass is 417 g/mol. The van der Waals surface area contributed by atoms with Crippen LogP contribution >= 0.6 is 0 Å². The van der Waals surface area contributed by atoms with Crippen LogP contribution in [0.1, 0.15) is 18.4 Å². The zero-order valence-corrected chi connectivity index (χ0v) is 16.0. The Labute approximate surface area is 169 Å². The largest absolute Gasteiger partial charge is 0.416 e. The highest BCUT2D eigenvalue weighted by atomic mass is 19.4. The second-order valence-electron chi connectivity index (χ2n) is 7.09. The van der Waals surface area contributed by atoms with E-state index in [0.29, 0.717) is 24.3 Å². The van der Waals surface area contributed by atoms with Crippen molar-refractivity contribution in [3.63, 3.8) is 0 Å². The van der Waals surface area contributed by atoms with Crippen LogP contribution < -0.4 is 5.32 Å². The molecule has 0 aliphatic carbocycles. The third kappa shape index (κ3) is 4.27. The number of likely N-dealkylation sites (N-methyl/N-ethyl adjacent to an activating group) is 1. The van der Waals surface area contributed by atoms with Crippen LogP contribution in [0.5, 0.6) is 0 Å². The minimum Gasteiger partial charge on any atom is -0.366 e. The van der Waals surface area contributed by atoms with Gasteiger partial charge in [-0.25, -0.2) is 4.98 Å². The van der Waals surface area contributed by atoms with E-state index in [9.17, 15) is 18.0 Å². The average Bonchev–Trinajstić information content (AvgIpc) is 3.21. The number of aromatic nitrogens is 3. The molecule has 1 atom stereocenters. The lowest BCUT2D eigenvalue weighted by Crippen LogP contribution is -2.43. The molecule has 4 rings (SSSR count). The second kappa shape index (κ2) is 7.77. The normalized spacial score (nSPS) is 17.3. The standard InChI is InChI=1S/C20H18F3N5O2/c1-28-11-15(6-8-17(28)29)25-16-7-5-13(10-24-16)19-26-18(27-30-19)12-3-2-4-14(9-12)20(21,22)23/h2-5,7,9-10,15H,6,8,11H2,1H3,(H,24,25). The van der Waals surface area contributed by atoms with Crippen LogP contribution in [-0.4, -0.2) is 45.6 Å². The molecular weight excluding hydrogens is 399 g/mol. The Morgan fingerprint density at radius 1 is 1.20 bits per heavy atom. The van der Waals surface area contributed by atoms with Crippen LogP contribution in [0.15, 0.2) is 47.1 Å². The number of halogens is 3. The first-order valence-corrected chi connectivity index (χ1v) is 9.28. The molecule has 156 valence electrons. The predicted octanol–water partition coefficient (Wildman–Crippen LogP) is 3.85. The summed E-state index contributed by atoms with van der Waals surface area (Å²) in [5, 5.41) is 7.07. The summed E-state index contributed by atoms with van der Waals surface area (Å²) in [6.07, 6.45) is -1.68. The molecule has 3 aromatic rings. The van der Waals surface area contributed by atoms with E-state index in [1.165, 1.54) is 12.1 Å². The molecule has 1 N–H and O–H groups in total. The van der Waals surface area contributed by atoms with Crippen molar-refractivity contribution in [2.75, 3.05) is 18.9 Å². The van der Waals surface area contributed by atoms with Crippen molar-refractivity contribution in [1.29, 1.82) is 0 Å². The molecular formula is C20H18F3N5O2. The smallest absolute Gasteiger partial charge is 0.366 e. The van der Waals surface area contributed by atoms with Gasteiger partial charge in [0.1, 0.15) is 5.82 Å². The molecule has 1 aliphatic rings. The maximum Gasteiger partial charge on any atom is 0.416 e. The molecule has 0 saturated carbocycles. The van der Waals surface area contributed by atoms with Crippen LogP contribution in [0.3, 0.4) is 0 Å². The molecule has 1 amide bonds. The Hall–Kier alpha value is -3.43. The third-order valence-corrected chi connectivity index (χ3v) is 4.86. The average molecular weight is 417 g/mol. The molecule has 0 spiro atoms. The van der Waals surface area contributed by atoms with Gasteiger partial charge in [-0.05, 0) is 30.7 Å². The molecule has 30 heavy (non-hydrogen) atoms. The van der Waals surface area contributed by atoms with Gasteiger partial charge in [-0.3, -0.25) is 4.79 Å². The first-order valence-electron chi connectivity index (χ1n) is 9.28. The molecule has 1 aromatic carbocycles. The Bertz CT molecular complexity index is 1050. The zero-order valence-electron chi connectivity index (χ0n) is 16.0. The fourth-order valence-electron chi connectivity index (χ4n) is 3.24. The summed E-state index contributed by atoms with van der Waals surface area (Å²) in [5.74, 6) is 0.992. The molecule has 0 radical (unpaired) electrons. The van der Waals surface area contributed by atoms with E-state index < -0.39 is 11.7 Å². The Kier molecular flexibility index (Phi) is 5.15. The van der Waals surface area contributed by atoms with Gasteiger partial charge in [0.15, 0.2) is 0 Å². The highest BCUT2D eigenvalue weighted by molar-refractivity contribution is 5.77. The number of amides is 1. The van der Waals surface area contributed by atoms with Gasteiger partial charge in [0.05, 0.1) is 11.1 Å². The Morgan fingerprint density at radius 3 is 2.73 bits per heavy atom. The number of carbonyl (C=O) groups excluding carboxylic acids is 1. The maximum absolute atomic E-state index is 12.9. The summed E-state index contributed by atoms with van der Waals surface area (Å²) in [6, 6.07) is 8.34. The van der Waals surface area contributed by atoms with E-state index in [1.807, 2.05) is 0 Å². The van der Waals surface area contributed by atoms with Crippen molar-refractivity contribution in [2.24, 2.45) is 0 Å². The molecule has 1 saturated heterocycles. The van der Waals surface area contributed by atoms with Gasteiger partial charge in [-0.15, -0.1) is 0 Å². The van der Waals surface area contributed by atoms with E-state index in [4.69, 9.17) is 4.52 Å². The Morgan fingerprint density at radius 2 is 2.03 bits per heavy atom. The fraction of sp³-hybridized carbons (Fsp3) is 0.300. The third-order valence-electron chi connectivity index (χ3n) is 4.86. The van der Waals surface area contributed by atoms with E-state index in [2.05, 4.69) is 20.4 Å². The Balaban J connectivity index is 1.47. The number of nitrogens with one attached hydrogen (secondary N) is 1. The number of hydrogen-bond acceptors (Lipinski definition) is 6. The molecule has 7 nitrogen and oxygen atoms in total. The quantitative estimate of drug-likeness (QED) is 0.694. The summed E-state index contributed by atoms with van der Waals surface area (Å²) >= 11 is 0. The SMILES string of the molecule is CN1CC(Nc2ccc(-c3nc(-c4cccc(C(F)(F)F)c4)no3)cn2)CCC1=O. The highest BCUT2D eigenvalue weighted by Crippen LogP contribution is 2.32. The number of nitrogens with zero attached hydrogens (tertiary/aromatic N) is 4. The molecule has 10 heteroatoms. The summed E-state index contributed by atoms with van der Waals surface area (Å²) in [5.41, 5.74) is -0.0252. The molecule has 1 unspecified atom stereocenters. The number of alkyl halides is 3. The zero-order chi connectivity index (χ0) is 21.3. The van der Waals surface area contributed by atoms with Gasteiger partial charge in [-0.2, -0.15) is 18.2 Å². The maximum atomic E-state index is 12.9. The number of hydrogen-bond donors (Lipinski definition) is 1. The van der Waals surface area contributed by atoms with E-state index in [1.54, 1.807) is 30.3 Å². The number of piperidine rings is 1. The number of carbonyl (C=O) groups is 1. The lowest BCUT2D eigenvalue weighted by molar-refractivity contribution is -0.137. The molecule has 3 heterocycles. The first kappa shape index (κ1) is 19.9. The fourth-order valence-corrected chi connectivity index (χ4v) is 3.24. The lowest BCUT2D eigenvalue weighted by Gasteiger charge is -2.30. The summed E-state index contributed by atoms with van der Waals surface area (Å²) < 4.78 is 43.9. The highest BCUT2D eigenvalue weighted by Gasteiger charge is 2.31. The van der Waals surface area contributed by atoms with Crippen molar-refractivity contribution in [2.45, 2.75) is 25.1 Å². The van der Waals surface area contributed by atoms with E-state index >= 15 is 0 Å². The summed E-state index contributed by atoms with van der Waals surface area (Å²) in [6.45, 7) is 0.603. The summed E-state index contributed by atoms with van der Waals surface area (Å²) in [4.78, 5) is 21.8. The minimum atomic E-state index is -4.45. The van der Waals surface area contributed by atoms with Crippen molar-refractivity contribution in [3.8, 4) is 22.8 Å². The van der Waals surface area contributed by atoms with Gasteiger partial charge >= 0.3 is 6.18 Å². The molecule has 1 fully saturated rings. The number of rotatable bonds is 4. The first-order chi connectivity index (χ1) is 14.3. The molecule has 0 bridgehead atoms. The van der Waals surface area contributed by atoms with Gasteiger partial charge < -0.3 is 14.7 Å². The van der Waals surface area contributed by atoms with Crippen molar-refractivity contribution in [3.05, 3.63) is 48.2 Å². The van der Waals surface area contributed by atoms with Gasteiger partial charge in [-0.1, -0.05) is 17.3 Å². The van der Waals surface area contributed by atoms with E-state index in [-0.39, 0.29) is 29.2 Å². The number of likely N-dealkylation sites (tertiary alicyclic amines) is 1. The lowest BCUT2D eigenvalue weighted by atomic mass is 10.1. The van der Waals surface area contributed by atoms with Crippen molar-refractivity contribution < 1.29 is 22.5 Å². The van der Waals surface area contributed by atoms with Crippen molar-refractivity contribution in [1.82, 2.24) is 20.0 Å².